The number of carboxylic acids is 2. The van der Waals surface area contributed by atoms with E-state index in [1.165, 1.54) is 6.07 Å². The summed E-state index contributed by atoms with van der Waals surface area (Å²) in [6.07, 6.45) is 1.07. The van der Waals surface area contributed by atoms with Crippen LogP contribution >= 0.6 is 15.9 Å². The van der Waals surface area contributed by atoms with Gasteiger partial charge in [0.25, 0.3) is 0 Å². The maximum Gasteiger partial charge on any atom is 0.337 e. The third kappa shape index (κ3) is 3.09. The third-order valence-electron chi connectivity index (χ3n) is 3.59. The maximum atomic E-state index is 11.6. The van der Waals surface area contributed by atoms with Crippen LogP contribution in [0.15, 0.2) is 10.5 Å². The lowest BCUT2D eigenvalue weighted by Crippen LogP contribution is -2.15. The van der Waals surface area contributed by atoms with E-state index in [9.17, 15) is 19.8 Å². The summed E-state index contributed by atoms with van der Waals surface area (Å²) in [5, 5.41) is 18.7. The fourth-order valence-electron chi connectivity index (χ4n) is 2.39. The van der Waals surface area contributed by atoms with Gasteiger partial charge in [0, 0.05) is 17.3 Å². The lowest BCUT2D eigenvalue weighted by atomic mass is 9.91. The van der Waals surface area contributed by atoms with Crippen molar-refractivity contribution in [2.75, 3.05) is 13.2 Å². The summed E-state index contributed by atoms with van der Waals surface area (Å²) in [5.74, 6) is -2.30. The Labute approximate surface area is 128 Å². The van der Waals surface area contributed by atoms with Crippen LogP contribution in [0.4, 0.5) is 0 Å². The van der Waals surface area contributed by atoms with Crippen molar-refractivity contribution in [1.82, 2.24) is 0 Å². The van der Waals surface area contributed by atoms with Gasteiger partial charge in [-0.1, -0.05) is 0 Å². The van der Waals surface area contributed by atoms with Crippen LogP contribution in [0.25, 0.3) is 0 Å². The van der Waals surface area contributed by atoms with Crippen molar-refractivity contribution in [1.29, 1.82) is 0 Å². The summed E-state index contributed by atoms with van der Waals surface area (Å²) in [7, 11) is 0. The molecule has 2 heterocycles. The number of carboxylic acid groups (broad SMARTS) is 2. The first-order chi connectivity index (χ1) is 9.97. The molecular weight excluding hydrogens is 344 g/mol. The van der Waals surface area contributed by atoms with Gasteiger partial charge in [0.2, 0.25) is 0 Å². The minimum atomic E-state index is -1.16. The standard InChI is InChI=1S/C14H13BrO6/c15-12-10(13(16)17)2-6(1-7-4-20-7)9(3-8-5-21-8)11(12)14(18)19/h2,7-8H,1,3-5H2,(H,16,17)(H,18,19). The molecule has 0 amide bonds. The van der Waals surface area contributed by atoms with Crippen molar-refractivity contribution in [2.24, 2.45) is 0 Å². The minimum Gasteiger partial charge on any atom is -0.478 e. The van der Waals surface area contributed by atoms with Crippen LogP contribution in [-0.4, -0.2) is 47.6 Å². The molecule has 21 heavy (non-hydrogen) atoms. The second-order valence-corrected chi connectivity index (χ2v) is 5.97. The number of halogens is 1. The molecule has 3 rings (SSSR count). The molecule has 0 saturated carbocycles. The molecule has 0 aromatic heterocycles. The number of hydrogen-bond donors (Lipinski definition) is 2. The fraction of sp³-hybridized carbons (Fsp3) is 0.429. The summed E-state index contributed by atoms with van der Waals surface area (Å²) >= 11 is 3.13. The lowest BCUT2D eigenvalue weighted by Gasteiger charge is -2.15. The predicted octanol–water partition coefficient (Wildman–Crippen LogP) is 1.73. The Morgan fingerprint density at radius 2 is 1.71 bits per heavy atom. The van der Waals surface area contributed by atoms with Gasteiger partial charge in [-0.3, -0.25) is 0 Å². The van der Waals surface area contributed by atoms with E-state index in [-0.39, 0.29) is 27.8 Å². The number of rotatable bonds is 6. The van der Waals surface area contributed by atoms with Gasteiger partial charge in [-0.15, -0.1) is 0 Å². The quantitative estimate of drug-likeness (QED) is 0.753. The second-order valence-electron chi connectivity index (χ2n) is 5.18. The van der Waals surface area contributed by atoms with Crippen molar-refractivity contribution in [3.63, 3.8) is 0 Å². The number of benzene rings is 1. The van der Waals surface area contributed by atoms with Gasteiger partial charge in [0.05, 0.1) is 36.5 Å². The zero-order valence-electron chi connectivity index (χ0n) is 11.0. The summed E-state index contributed by atoms with van der Waals surface area (Å²) in [6.45, 7) is 1.23. The van der Waals surface area contributed by atoms with Crippen molar-refractivity contribution >= 4 is 27.9 Å². The van der Waals surface area contributed by atoms with Crippen molar-refractivity contribution < 1.29 is 29.3 Å². The molecular formula is C14H13BrO6. The molecule has 2 atom stereocenters. The smallest absolute Gasteiger partial charge is 0.337 e. The van der Waals surface area contributed by atoms with Gasteiger partial charge >= 0.3 is 11.9 Å². The number of epoxide rings is 2. The first kappa shape index (κ1) is 14.5. The molecule has 2 fully saturated rings. The molecule has 2 N–H and O–H groups in total. The Morgan fingerprint density at radius 3 is 2.19 bits per heavy atom. The lowest BCUT2D eigenvalue weighted by molar-refractivity contribution is 0.0694. The van der Waals surface area contributed by atoms with E-state index in [0.717, 1.165) is 0 Å². The van der Waals surface area contributed by atoms with Gasteiger partial charge in [0.15, 0.2) is 0 Å². The Kier molecular flexibility index (Phi) is 3.73. The highest BCUT2D eigenvalue weighted by atomic mass is 79.9. The molecule has 2 unspecified atom stereocenters. The van der Waals surface area contributed by atoms with Gasteiger partial charge in [0.1, 0.15) is 0 Å². The third-order valence-corrected chi connectivity index (χ3v) is 4.42. The molecule has 0 spiro atoms. The van der Waals surface area contributed by atoms with Crippen molar-refractivity contribution in [3.05, 3.63) is 32.8 Å². The number of carbonyl (C=O) groups is 2. The zero-order valence-corrected chi connectivity index (χ0v) is 12.6. The van der Waals surface area contributed by atoms with E-state index in [1.54, 1.807) is 0 Å². The van der Waals surface area contributed by atoms with Crippen LogP contribution in [0, 0.1) is 0 Å². The van der Waals surface area contributed by atoms with Gasteiger partial charge < -0.3 is 19.7 Å². The summed E-state index contributed by atoms with van der Waals surface area (Å²) in [5.41, 5.74) is 1.33. The van der Waals surface area contributed by atoms with Gasteiger partial charge in [-0.05, 0) is 33.1 Å². The highest BCUT2D eigenvalue weighted by molar-refractivity contribution is 9.10. The van der Waals surface area contributed by atoms with Crippen molar-refractivity contribution in [2.45, 2.75) is 25.0 Å². The molecule has 0 bridgehead atoms. The van der Waals surface area contributed by atoms with E-state index >= 15 is 0 Å². The van der Waals surface area contributed by atoms with Crippen LogP contribution in [0.2, 0.25) is 0 Å². The van der Waals surface area contributed by atoms with Crippen molar-refractivity contribution in [3.8, 4) is 0 Å². The maximum absolute atomic E-state index is 11.6. The summed E-state index contributed by atoms with van der Waals surface area (Å²) in [4.78, 5) is 22.9. The van der Waals surface area contributed by atoms with Crippen LogP contribution < -0.4 is 0 Å². The van der Waals surface area contributed by atoms with E-state index in [2.05, 4.69) is 15.9 Å². The molecule has 2 aliphatic heterocycles. The first-order valence-electron chi connectivity index (χ1n) is 6.51. The summed E-state index contributed by atoms with van der Waals surface area (Å²) < 4.78 is 10.5. The molecule has 7 heteroatoms. The van der Waals surface area contributed by atoms with Crippen LogP contribution in [0.5, 0.6) is 0 Å². The number of hydrogen-bond acceptors (Lipinski definition) is 4. The van der Waals surface area contributed by atoms with E-state index in [0.29, 0.717) is 37.2 Å². The Balaban J connectivity index is 2.13. The Bertz CT molecular complexity index is 618. The average Bonchev–Trinajstić information content (AvgIpc) is 3.26. The number of aromatic carboxylic acids is 2. The monoisotopic (exact) mass is 356 g/mol. The molecule has 1 aromatic rings. The molecule has 0 aliphatic carbocycles. The number of ether oxygens (including phenoxy) is 2. The Hall–Kier alpha value is -1.44. The van der Waals surface area contributed by atoms with Crippen LogP contribution in [0.3, 0.4) is 0 Å². The van der Waals surface area contributed by atoms with E-state index < -0.39 is 11.9 Å². The van der Waals surface area contributed by atoms with E-state index in [1.807, 2.05) is 0 Å². The fourth-order valence-corrected chi connectivity index (χ4v) is 3.08. The molecule has 2 aliphatic rings. The zero-order chi connectivity index (χ0) is 15.1. The van der Waals surface area contributed by atoms with E-state index in [4.69, 9.17) is 9.47 Å². The topological polar surface area (TPSA) is 99.7 Å². The highest BCUT2D eigenvalue weighted by Gasteiger charge is 2.32. The molecule has 112 valence electrons. The Morgan fingerprint density at radius 1 is 1.14 bits per heavy atom. The predicted molar refractivity (Wildman–Crippen MR) is 74.9 cm³/mol. The first-order valence-corrected chi connectivity index (χ1v) is 7.30. The summed E-state index contributed by atoms with van der Waals surface area (Å²) in [6, 6.07) is 1.54. The minimum absolute atomic E-state index is 0.0149. The largest absolute Gasteiger partial charge is 0.478 e. The van der Waals surface area contributed by atoms with Gasteiger partial charge in [-0.2, -0.15) is 0 Å². The normalized spacial score (nSPS) is 22.9. The van der Waals surface area contributed by atoms with Gasteiger partial charge in [-0.25, -0.2) is 9.59 Å². The van der Waals surface area contributed by atoms with Crippen LogP contribution in [0.1, 0.15) is 31.8 Å². The highest BCUT2D eigenvalue weighted by Crippen LogP contribution is 2.33. The average molecular weight is 357 g/mol. The second kappa shape index (κ2) is 5.40. The molecule has 2 saturated heterocycles. The SMILES string of the molecule is O=C(O)c1cc(CC2CO2)c(CC2CO2)c(C(=O)O)c1Br. The molecule has 0 radical (unpaired) electrons. The molecule has 1 aromatic carbocycles. The van der Waals surface area contributed by atoms with Crippen LogP contribution in [-0.2, 0) is 22.3 Å². The molecule has 6 nitrogen and oxygen atoms in total.